The van der Waals surface area contributed by atoms with Crippen LogP contribution in [0.3, 0.4) is 0 Å². The van der Waals surface area contributed by atoms with E-state index in [0.29, 0.717) is 22.1 Å². The SMILES string of the molecule is Cc1ncn(-c2ccc(Cl)cc2C2(O)Nc3cc(-c4cnc(N)nc4)ccc3N2C(C)(C)C)n1. The molecule has 4 aromatic rings. The van der Waals surface area contributed by atoms with Crippen molar-refractivity contribution in [2.24, 2.45) is 0 Å². The molecule has 0 bridgehead atoms. The highest BCUT2D eigenvalue weighted by Gasteiger charge is 2.50. The second-order valence-corrected chi connectivity index (χ2v) is 9.70. The molecule has 34 heavy (non-hydrogen) atoms. The lowest BCUT2D eigenvalue weighted by atomic mass is 9.99. The van der Waals surface area contributed by atoms with Crippen LogP contribution in [0.2, 0.25) is 5.02 Å². The van der Waals surface area contributed by atoms with Gasteiger partial charge in [-0.05, 0) is 63.6 Å². The van der Waals surface area contributed by atoms with E-state index >= 15 is 0 Å². The third-order valence-electron chi connectivity index (χ3n) is 5.73. The van der Waals surface area contributed by atoms with Crippen molar-refractivity contribution in [3.63, 3.8) is 0 Å². The molecule has 0 fully saturated rings. The molecule has 0 aliphatic carbocycles. The standard InChI is InChI=1S/C24H25ClN8O/c1-14-29-13-32(31-14)20-8-6-17(25)10-18(20)24(34)30-19-9-15(16-11-27-22(26)28-12-16)5-7-21(19)33(24)23(2,3)4/h5-13,30,34H,1-4H3,(H2,26,27,28). The largest absolute Gasteiger partial charge is 0.368 e. The summed E-state index contributed by atoms with van der Waals surface area (Å²) in [6.07, 6.45) is 4.97. The lowest BCUT2D eigenvalue weighted by molar-refractivity contribution is 0.0510. The molecule has 1 atom stereocenters. The first-order valence-electron chi connectivity index (χ1n) is 10.8. The Morgan fingerprint density at radius 3 is 2.35 bits per heavy atom. The molecule has 174 valence electrons. The molecular weight excluding hydrogens is 452 g/mol. The van der Waals surface area contributed by atoms with Crippen LogP contribution in [0, 0.1) is 6.92 Å². The average molecular weight is 477 g/mol. The summed E-state index contributed by atoms with van der Waals surface area (Å²) in [5, 5.41) is 20.6. The second-order valence-electron chi connectivity index (χ2n) is 9.26. The highest BCUT2D eigenvalue weighted by atomic mass is 35.5. The number of nitrogens with zero attached hydrogens (tertiary/aromatic N) is 6. The first-order valence-corrected chi connectivity index (χ1v) is 11.2. The molecule has 9 nitrogen and oxygen atoms in total. The summed E-state index contributed by atoms with van der Waals surface area (Å²) in [7, 11) is 0. The zero-order chi connectivity index (χ0) is 24.3. The molecule has 3 heterocycles. The lowest BCUT2D eigenvalue weighted by Crippen LogP contribution is -2.56. The number of aliphatic hydroxyl groups is 1. The van der Waals surface area contributed by atoms with Gasteiger partial charge in [-0.2, -0.15) is 5.10 Å². The number of fused-ring (bicyclic) bond motifs is 1. The normalized spacial score (nSPS) is 17.5. The van der Waals surface area contributed by atoms with Crippen LogP contribution in [-0.2, 0) is 5.85 Å². The minimum absolute atomic E-state index is 0.216. The Morgan fingerprint density at radius 1 is 1.00 bits per heavy atom. The summed E-state index contributed by atoms with van der Waals surface area (Å²) in [5.74, 6) is -0.775. The molecule has 0 radical (unpaired) electrons. The average Bonchev–Trinajstić information content (AvgIpc) is 3.34. The maximum atomic E-state index is 12.3. The molecule has 2 aromatic heterocycles. The molecule has 1 aliphatic rings. The van der Waals surface area contributed by atoms with Crippen LogP contribution in [0.25, 0.3) is 16.8 Å². The quantitative estimate of drug-likeness (QED) is 0.404. The number of hydrogen-bond acceptors (Lipinski definition) is 8. The van der Waals surface area contributed by atoms with E-state index in [-0.39, 0.29) is 5.95 Å². The summed E-state index contributed by atoms with van der Waals surface area (Å²) in [4.78, 5) is 14.4. The Hall–Kier alpha value is -3.69. The van der Waals surface area contributed by atoms with E-state index in [2.05, 4.69) is 25.4 Å². The van der Waals surface area contributed by atoms with Gasteiger partial charge in [-0.1, -0.05) is 17.7 Å². The number of nitrogens with two attached hydrogens (primary N) is 1. The topological polar surface area (TPSA) is 118 Å². The Labute approximate surface area is 202 Å². The predicted molar refractivity (Wildman–Crippen MR) is 133 cm³/mol. The van der Waals surface area contributed by atoms with E-state index in [4.69, 9.17) is 17.3 Å². The van der Waals surface area contributed by atoms with Gasteiger partial charge in [0.05, 0.1) is 22.6 Å². The van der Waals surface area contributed by atoms with E-state index in [1.54, 1.807) is 35.5 Å². The first-order chi connectivity index (χ1) is 16.1. The van der Waals surface area contributed by atoms with Crippen molar-refractivity contribution >= 4 is 28.9 Å². The Kier molecular flexibility index (Phi) is 5.00. The third kappa shape index (κ3) is 3.63. The lowest BCUT2D eigenvalue weighted by Gasteiger charge is -2.44. The molecule has 0 spiro atoms. The molecule has 0 saturated heterocycles. The van der Waals surface area contributed by atoms with Gasteiger partial charge in [0.25, 0.3) is 0 Å². The molecule has 5 rings (SSSR count). The number of benzene rings is 2. The Bertz CT molecular complexity index is 1380. The minimum Gasteiger partial charge on any atom is -0.368 e. The van der Waals surface area contributed by atoms with Crippen molar-refractivity contribution in [1.29, 1.82) is 0 Å². The van der Waals surface area contributed by atoms with Crippen LogP contribution in [0.5, 0.6) is 0 Å². The van der Waals surface area contributed by atoms with Crippen molar-refractivity contribution in [2.75, 3.05) is 16.0 Å². The monoisotopic (exact) mass is 476 g/mol. The smallest absolute Gasteiger partial charge is 0.247 e. The molecule has 0 amide bonds. The fourth-order valence-electron chi connectivity index (χ4n) is 4.40. The predicted octanol–water partition coefficient (Wildman–Crippen LogP) is 4.10. The molecule has 10 heteroatoms. The summed E-state index contributed by atoms with van der Waals surface area (Å²) in [6, 6.07) is 11.3. The number of aromatic nitrogens is 5. The zero-order valence-electron chi connectivity index (χ0n) is 19.3. The van der Waals surface area contributed by atoms with Crippen LogP contribution < -0.4 is 16.0 Å². The summed E-state index contributed by atoms with van der Waals surface area (Å²) >= 11 is 6.41. The third-order valence-corrected chi connectivity index (χ3v) is 5.97. The van der Waals surface area contributed by atoms with E-state index in [1.807, 2.05) is 56.9 Å². The highest BCUT2D eigenvalue weighted by Crippen LogP contribution is 2.50. The van der Waals surface area contributed by atoms with Crippen molar-refractivity contribution in [3.05, 3.63) is 71.5 Å². The number of aryl methyl sites for hydroxylation is 1. The number of nitrogen functional groups attached to an aromatic ring is 1. The maximum Gasteiger partial charge on any atom is 0.247 e. The Morgan fingerprint density at radius 2 is 1.71 bits per heavy atom. The van der Waals surface area contributed by atoms with E-state index in [0.717, 1.165) is 22.5 Å². The number of rotatable bonds is 3. The van der Waals surface area contributed by atoms with E-state index in [1.165, 1.54) is 0 Å². The molecular formula is C24H25ClN8O. The molecule has 4 N–H and O–H groups in total. The number of anilines is 3. The van der Waals surface area contributed by atoms with Gasteiger partial charge in [0, 0.05) is 28.5 Å². The fourth-order valence-corrected chi connectivity index (χ4v) is 4.57. The molecule has 0 saturated carbocycles. The number of halogens is 1. The van der Waals surface area contributed by atoms with E-state index in [9.17, 15) is 5.11 Å². The van der Waals surface area contributed by atoms with Crippen LogP contribution in [-0.4, -0.2) is 35.4 Å². The summed E-state index contributed by atoms with van der Waals surface area (Å²) in [5.41, 5.74) is 9.70. The molecule has 1 aliphatic heterocycles. The zero-order valence-corrected chi connectivity index (χ0v) is 20.0. The Balaban J connectivity index is 1.68. The minimum atomic E-state index is -1.61. The maximum absolute atomic E-state index is 12.3. The van der Waals surface area contributed by atoms with Crippen LogP contribution >= 0.6 is 11.6 Å². The van der Waals surface area contributed by atoms with Crippen LogP contribution in [0.4, 0.5) is 17.3 Å². The van der Waals surface area contributed by atoms with Crippen molar-refractivity contribution in [2.45, 2.75) is 39.1 Å². The number of hydrogen-bond donors (Lipinski definition) is 3. The molecule has 1 unspecified atom stereocenters. The van der Waals surface area contributed by atoms with Gasteiger partial charge < -0.3 is 21.1 Å². The summed E-state index contributed by atoms with van der Waals surface area (Å²) < 4.78 is 1.64. The summed E-state index contributed by atoms with van der Waals surface area (Å²) in [6.45, 7) is 7.94. The van der Waals surface area contributed by atoms with Gasteiger partial charge in [-0.25, -0.2) is 19.6 Å². The van der Waals surface area contributed by atoms with E-state index < -0.39 is 11.4 Å². The van der Waals surface area contributed by atoms with Gasteiger partial charge in [-0.3, -0.25) is 0 Å². The van der Waals surface area contributed by atoms with Crippen molar-refractivity contribution in [3.8, 4) is 16.8 Å². The second kappa shape index (κ2) is 7.68. The van der Waals surface area contributed by atoms with Gasteiger partial charge in [0.15, 0.2) is 0 Å². The first kappa shape index (κ1) is 22.1. The van der Waals surface area contributed by atoms with Gasteiger partial charge in [0.2, 0.25) is 11.8 Å². The van der Waals surface area contributed by atoms with Crippen molar-refractivity contribution < 1.29 is 5.11 Å². The van der Waals surface area contributed by atoms with Crippen molar-refractivity contribution in [1.82, 2.24) is 24.7 Å². The van der Waals surface area contributed by atoms with Gasteiger partial charge in [-0.15, -0.1) is 0 Å². The highest BCUT2D eigenvalue weighted by molar-refractivity contribution is 6.30. The van der Waals surface area contributed by atoms with Crippen LogP contribution in [0.15, 0.2) is 55.1 Å². The fraction of sp³-hybridized carbons (Fsp3) is 0.250. The van der Waals surface area contributed by atoms with Gasteiger partial charge >= 0.3 is 0 Å². The molecule has 2 aromatic carbocycles. The number of nitrogens with one attached hydrogen (secondary N) is 1. The van der Waals surface area contributed by atoms with Crippen LogP contribution in [0.1, 0.15) is 32.2 Å². The van der Waals surface area contributed by atoms with Gasteiger partial charge in [0.1, 0.15) is 12.2 Å².